The topological polar surface area (TPSA) is 43.8 Å². The van der Waals surface area contributed by atoms with Gasteiger partial charge in [0.05, 0.1) is 6.10 Å². The van der Waals surface area contributed by atoms with Crippen molar-refractivity contribution in [2.24, 2.45) is 0 Å². The quantitative estimate of drug-likeness (QED) is 0.652. The lowest BCUT2D eigenvalue weighted by Gasteiger charge is -2.26. The van der Waals surface area contributed by atoms with Crippen LogP contribution in [0.2, 0.25) is 0 Å². The maximum Gasteiger partial charge on any atom is 0.320 e. The van der Waals surface area contributed by atoms with Crippen LogP contribution < -0.4 is 0 Å². The summed E-state index contributed by atoms with van der Waals surface area (Å²) in [5.41, 5.74) is 0. The third kappa shape index (κ3) is 2.62. The molecule has 2 fully saturated rings. The highest BCUT2D eigenvalue weighted by atomic mass is 16.3. The van der Waals surface area contributed by atoms with Gasteiger partial charge in [0, 0.05) is 26.2 Å². The number of carbonyl (C=O) groups excluding carboxylic acids is 1. The molecule has 0 spiro atoms. The van der Waals surface area contributed by atoms with Crippen LogP contribution in [-0.4, -0.2) is 53.2 Å². The summed E-state index contributed by atoms with van der Waals surface area (Å²) < 4.78 is 0. The second-order valence-electron chi connectivity index (χ2n) is 4.57. The van der Waals surface area contributed by atoms with E-state index in [9.17, 15) is 9.90 Å². The molecule has 0 radical (unpaired) electrons. The monoisotopic (exact) mass is 212 g/mol. The van der Waals surface area contributed by atoms with Crippen molar-refractivity contribution in [3.05, 3.63) is 0 Å². The number of aliphatic hydroxyl groups is 1. The van der Waals surface area contributed by atoms with Gasteiger partial charge in [0.15, 0.2) is 0 Å². The Kier molecular flexibility index (Phi) is 3.46. The van der Waals surface area contributed by atoms with Crippen LogP contribution >= 0.6 is 0 Å². The number of carbonyl (C=O) groups is 1. The largest absolute Gasteiger partial charge is 0.391 e. The van der Waals surface area contributed by atoms with E-state index in [0.29, 0.717) is 6.54 Å². The smallest absolute Gasteiger partial charge is 0.320 e. The molecular weight excluding hydrogens is 192 g/mol. The fraction of sp³-hybridized carbons (Fsp3) is 0.909. The Hall–Kier alpha value is -0.770. The first-order valence-electron chi connectivity index (χ1n) is 5.99. The molecule has 2 aliphatic heterocycles. The third-order valence-electron chi connectivity index (χ3n) is 3.31. The van der Waals surface area contributed by atoms with E-state index in [2.05, 4.69) is 0 Å². The number of rotatable bonds is 0. The van der Waals surface area contributed by atoms with E-state index in [1.54, 1.807) is 4.90 Å². The molecule has 0 saturated carbocycles. The van der Waals surface area contributed by atoms with E-state index in [1.807, 2.05) is 4.90 Å². The number of β-amino-alcohol motifs (C(OH)–C–C–N with tert-alkyl or cyclic N) is 1. The lowest BCUT2D eigenvalue weighted by molar-refractivity contribution is 0.147. The lowest BCUT2D eigenvalue weighted by atomic mass is 10.2. The molecule has 4 nitrogen and oxygen atoms in total. The van der Waals surface area contributed by atoms with Crippen LogP contribution in [0.25, 0.3) is 0 Å². The summed E-state index contributed by atoms with van der Waals surface area (Å²) >= 11 is 0. The summed E-state index contributed by atoms with van der Waals surface area (Å²) in [5.74, 6) is 0. The molecule has 0 aromatic rings. The fourth-order valence-electron chi connectivity index (χ4n) is 2.38. The lowest BCUT2D eigenvalue weighted by Crippen LogP contribution is -2.42. The second kappa shape index (κ2) is 4.84. The minimum Gasteiger partial charge on any atom is -0.391 e. The predicted molar refractivity (Wildman–Crippen MR) is 57.6 cm³/mol. The number of hydrogen-bond donors (Lipinski definition) is 1. The minimum atomic E-state index is -0.305. The van der Waals surface area contributed by atoms with Crippen LogP contribution in [0.15, 0.2) is 0 Å². The summed E-state index contributed by atoms with van der Waals surface area (Å²) in [7, 11) is 0. The highest BCUT2D eigenvalue weighted by Crippen LogP contribution is 2.15. The van der Waals surface area contributed by atoms with E-state index in [4.69, 9.17) is 0 Å². The predicted octanol–water partition coefficient (Wildman–Crippen LogP) is 1.05. The minimum absolute atomic E-state index is 0.133. The molecule has 2 heterocycles. The van der Waals surface area contributed by atoms with E-state index in [1.165, 1.54) is 12.8 Å². The van der Waals surface area contributed by atoms with E-state index in [-0.39, 0.29) is 12.1 Å². The van der Waals surface area contributed by atoms with E-state index in [0.717, 1.165) is 38.9 Å². The summed E-state index contributed by atoms with van der Waals surface area (Å²) in [6, 6.07) is 0.133. The maximum absolute atomic E-state index is 12.0. The number of nitrogens with zero attached hydrogens (tertiary/aromatic N) is 2. The van der Waals surface area contributed by atoms with E-state index >= 15 is 0 Å². The average molecular weight is 212 g/mol. The van der Waals surface area contributed by atoms with Crippen molar-refractivity contribution in [3.63, 3.8) is 0 Å². The molecule has 1 atom stereocenters. The van der Waals surface area contributed by atoms with Crippen LogP contribution in [0.3, 0.4) is 0 Å². The van der Waals surface area contributed by atoms with Crippen molar-refractivity contribution in [1.29, 1.82) is 0 Å². The number of likely N-dealkylation sites (tertiary alicyclic amines) is 2. The first-order valence-corrected chi connectivity index (χ1v) is 5.99. The highest BCUT2D eigenvalue weighted by Gasteiger charge is 2.28. The van der Waals surface area contributed by atoms with Gasteiger partial charge < -0.3 is 14.9 Å². The van der Waals surface area contributed by atoms with Crippen LogP contribution in [0, 0.1) is 0 Å². The Morgan fingerprint density at radius 1 is 1.00 bits per heavy atom. The third-order valence-corrected chi connectivity index (χ3v) is 3.31. The first-order chi connectivity index (χ1) is 7.27. The normalized spacial score (nSPS) is 27.9. The number of urea groups is 1. The molecule has 4 heteroatoms. The Balaban J connectivity index is 1.88. The molecule has 15 heavy (non-hydrogen) atoms. The first kappa shape index (κ1) is 10.7. The van der Waals surface area contributed by atoms with Crippen molar-refractivity contribution < 1.29 is 9.90 Å². The van der Waals surface area contributed by atoms with Gasteiger partial charge in [-0.25, -0.2) is 4.79 Å². The molecule has 2 rings (SSSR count). The average Bonchev–Trinajstić information content (AvgIpc) is 2.53. The molecular formula is C11H20N2O2. The fourth-order valence-corrected chi connectivity index (χ4v) is 2.38. The van der Waals surface area contributed by atoms with Crippen molar-refractivity contribution in [3.8, 4) is 0 Å². The Bertz CT molecular complexity index is 225. The molecule has 0 unspecified atom stereocenters. The summed E-state index contributed by atoms with van der Waals surface area (Å²) in [6.07, 6.45) is 5.17. The van der Waals surface area contributed by atoms with Crippen molar-refractivity contribution in [2.45, 2.75) is 38.2 Å². The number of hydrogen-bond acceptors (Lipinski definition) is 2. The number of amides is 2. The molecule has 0 bridgehead atoms. The van der Waals surface area contributed by atoms with Gasteiger partial charge in [0.1, 0.15) is 0 Å². The molecule has 0 aliphatic carbocycles. The highest BCUT2D eigenvalue weighted by molar-refractivity contribution is 5.74. The molecule has 0 aromatic heterocycles. The van der Waals surface area contributed by atoms with Gasteiger partial charge in [0.25, 0.3) is 0 Å². The molecule has 2 saturated heterocycles. The van der Waals surface area contributed by atoms with Gasteiger partial charge >= 0.3 is 6.03 Å². The van der Waals surface area contributed by atoms with Gasteiger partial charge in [-0.1, -0.05) is 12.8 Å². The van der Waals surface area contributed by atoms with Crippen molar-refractivity contribution >= 4 is 6.03 Å². The number of aliphatic hydroxyl groups excluding tert-OH is 1. The summed E-state index contributed by atoms with van der Waals surface area (Å²) in [4.78, 5) is 15.8. The Labute approximate surface area is 90.9 Å². The molecule has 0 aromatic carbocycles. The Morgan fingerprint density at radius 2 is 1.67 bits per heavy atom. The van der Waals surface area contributed by atoms with Gasteiger partial charge in [0.2, 0.25) is 0 Å². The van der Waals surface area contributed by atoms with Gasteiger partial charge in [-0.3, -0.25) is 0 Å². The van der Waals surface area contributed by atoms with E-state index < -0.39 is 0 Å². The molecule has 86 valence electrons. The second-order valence-corrected chi connectivity index (χ2v) is 4.57. The summed E-state index contributed by atoms with van der Waals surface area (Å²) in [6.45, 7) is 3.03. The van der Waals surface area contributed by atoms with Crippen LogP contribution in [-0.2, 0) is 0 Å². The van der Waals surface area contributed by atoms with Crippen LogP contribution in [0.1, 0.15) is 32.1 Å². The molecule has 1 N–H and O–H groups in total. The van der Waals surface area contributed by atoms with Gasteiger partial charge in [-0.05, 0) is 19.3 Å². The van der Waals surface area contributed by atoms with Gasteiger partial charge in [-0.15, -0.1) is 0 Å². The maximum atomic E-state index is 12.0. The Morgan fingerprint density at radius 3 is 2.20 bits per heavy atom. The zero-order valence-electron chi connectivity index (χ0n) is 9.19. The van der Waals surface area contributed by atoms with Crippen molar-refractivity contribution in [1.82, 2.24) is 9.80 Å². The SMILES string of the molecule is O=C(N1CCCCCC1)N1CC[C@H](O)C1. The molecule has 2 amide bonds. The van der Waals surface area contributed by atoms with Crippen LogP contribution in [0.4, 0.5) is 4.79 Å². The zero-order valence-corrected chi connectivity index (χ0v) is 9.19. The summed E-state index contributed by atoms with van der Waals surface area (Å²) in [5, 5.41) is 9.39. The van der Waals surface area contributed by atoms with Gasteiger partial charge in [-0.2, -0.15) is 0 Å². The standard InChI is InChI=1S/C11H20N2O2/c14-10-5-8-13(9-10)11(15)12-6-3-1-2-4-7-12/h10,14H,1-9H2/t10-/m0/s1. The molecule has 2 aliphatic rings. The zero-order chi connectivity index (χ0) is 10.7. The van der Waals surface area contributed by atoms with Crippen LogP contribution in [0.5, 0.6) is 0 Å². The van der Waals surface area contributed by atoms with Crippen molar-refractivity contribution in [2.75, 3.05) is 26.2 Å².